The minimum absolute atomic E-state index is 0.621. The molecule has 16 heavy (non-hydrogen) atoms. The smallest absolute Gasteiger partial charge is 0.0274 e. The van der Waals surface area contributed by atoms with Gasteiger partial charge in [0.05, 0.1) is 0 Å². The minimum atomic E-state index is 0.621. The lowest BCUT2D eigenvalue weighted by Crippen LogP contribution is -2.30. The molecule has 1 rings (SSSR count). The molecule has 1 aromatic rings. The van der Waals surface area contributed by atoms with Gasteiger partial charge in [0.25, 0.3) is 0 Å². The predicted molar refractivity (Wildman–Crippen MR) is 76.3 cm³/mol. The van der Waals surface area contributed by atoms with Crippen molar-refractivity contribution in [1.82, 2.24) is 4.90 Å². The Hall–Kier alpha value is -0.0300. The first-order chi connectivity index (χ1) is 7.58. The average molecular weight is 258 g/mol. The molecule has 0 aliphatic heterocycles. The van der Waals surface area contributed by atoms with Crippen LogP contribution in [0.4, 0.5) is 0 Å². The van der Waals surface area contributed by atoms with Gasteiger partial charge in [-0.15, -0.1) is 11.3 Å². The fourth-order valence-electron chi connectivity index (χ4n) is 1.64. The summed E-state index contributed by atoms with van der Waals surface area (Å²) >= 11 is 3.73. The Labute approximate surface area is 107 Å². The lowest BCUT2D eigenvalue weighted by Gasteiger charge is -2.23. The number of thioether (sulfide) groups is 1. The Balaban J connectivity index is 2.61. The van der Waals surface area contributed by atoms with E-state index < -0.39 is 0 Å². The molecule has 0 radical (unpaired) electrons. The molecule has 1 aromatic heterocycles. The van der Waals surface area contributed by atoms with Crippen LogP contribution in [0.15, 0.2) is 6.07 Å². The number of hydrogen-bond acceptors (Lipinski definition) is 4. The van der Waals surface area contributed by atoms with E-state index in [9.17, 15) is 0 Å². The second-order valence-electron chi connectivity index (χ2n) is 4.22. The number of nitrogens with two attached hydrogens (primary N) is 1. The first-order valence-electron chi connectivity index (χ1n) is 5.56. The molecule has 0 bridgehead atoms. The maximum Gasteiger partial charge on any atom is 0.0274 e. The monoisotopic (exact) mass is 258 g/mol. The Kier molecular flexibility index (Phi) is 5.83. The van der Waals surface area contributed by atoms with Crippen LogP contribution in [0.2, 0.25) is 0 Å². The van der Waals surface area contributed by atoms with Gasteiger partial charge in [0.15, 0.2) is 0 Å². The molecule has 0 aliphatic rings. The van der Waals surface area contributed by atoms with Crippen molar-refractivity contribution in [3.05, 3.63) is 21.4 Å². The third-order valence-corrected chi connectivity index (χ3v) is 4.78. The molecule has 0 aliphatic carbocycles. The summed E-state index contributed by atoms with van der Waals surface area (Å²) in [5.41, 5.74) is 7.10. The minimum Gasteiger partial charge on any atom is -0.326 e. The standard InChI is InChI=1S/C12H22N2S2/c1-9(8-15-4)14(3)7-11-5-12(6-13)16-10(11)2/h5,9H,6-8,13H2,1-4H3. The second kappa shape index (κ2) is 6.64. The van der Waals surface area contributed by atoms with Crippen LogP contribution in [-0.4, -0.2) is 30.0 Å². The van der Waals surface area contributed by atoms with Crippen molar-refractivity contribution in [2.45, 2.75) is 33.0 Å². The van der Waals surface area contributed by atoms with Crippen LogP contribution in [0.3, 0.4) is 0 Å². The normalized spacial score (nSPS) is 13.4. The summed E-state index contributed by atoms with van der Waals surface area (Å²) in [5.74, 6) is 1.18. The lowest BCUT2D eigenvalue weighted by atomic mass is 10.2. The summed E-state index contributed by atoms with van der Waals surface area (Å²) in [4.78, 5) is 5.10. The fourth-order valence-corrected chi connectivity index (χ4v) is 3.31. The summed E-state index contributed by atoms with van der Waals surface area (Å²) in [7, 11) is 2.19. The van der Waals surface area contributed by atoms with Crippen molar-refractivity contribution < 1.29 is 0 Å². The SMILES string of the molecule is CSCC(C)N(C)Cc1cc(CN)sc1C. The quantitative estimate of drug-likeness (QED) is 0.850. The van der Waals surface area contributed by atoms with Crippen LogP contribution in [0.25, 0.3) is 0 Å². The summed E-state index contributed by atoms with van der Waals surface area (Å²) in [6.07, 6.45) is 2.16. The number of rotatable bonds is 6. The molecule has 4 heteroatoms. The highest BCUT2D eigenvalue weighted by Crippen LogP contribution is 2.23. The molecule has 0 spiro atoms. The zero-order chi connectivity index (χ0) is 12.1. The van der Waals surface area contributed by atoms with Crippen molar-refractivity contribution >= 4 is 23.1 Å². The Morgan fingerprint density at radius 2 is 2.25 bits per heavy atom. The average Bonchev–Trinajstić information content (AvgIpc) is 2.60. The molecule has 1 heterocycles. The van der Waals surface area contributed by atoms with Gasteiger partial charge in [-0.1, -0.05) is 0 Å². The van der Waals surface area contributed by atoms with Crippen LogP contribution in [0.5, 0.6) is 0 Å². The zero-order valence-electron chi connectivity index (χ0n) is 10.6. The van der Waals surface area contributed by atoms with Gasteiger partial charge >= 0.3 is 0 Å². The van der Waals surface area contributed by atoms with Crippen LogP contribution >= 0.6 is 23.1 Å². The molecule has 0 saturated carbocycles. The van der Waals surface area contributed by atoms with E-state index in [0.717, 1.165) is 6.54 Å². The molecule has 0 amide bonds. The second-order valence-corrected chi connectivity index (χ2v) is 6.47. The third-order valence-electron chi connectivity index (χ3n) is 2.85. The van der Waals surface area contributed by atoms with E-state index in [1.807, 2.05) is 23.1 Å². The lowest BCUT2D eigenvalue weighted by molar-refractivity contribution is 0.269. The van der Waals surface area contributed by atoms with Crippen molar-refractivity contribution in [1.29, 1.82) is 0 Å². The fraction of sp³-hybridized carbons (Fsp3) is 0.667. The van der Waals surface area contributed by atoms with Gasteiger partial charge < -0.3 is 5.73 Å². The number of thiophene rings is 1. The molecular weight excluding hydrogens is 236 g/mol. The van der Waals surface area contributed by atoms with Crippen molar-refractivity contribution in [3.63, 3.8) is 0 Å². The molecule has 92 valence electrons. The number of hydrogen-bond donors (Lipinski definition) is 1. The van der Waals surface area contributed by atoms with Crippen LogP contribution in [0, 0.1) is 6.92 Å². The van der Waals surface area contributed by atoms with Crippen molar-refractivity contribution in [2.75, 3.05) is 19.1 Å². The molecule has 2 nitrogen and oxygen atoms in total. The third kappa shape index (κ3) is 3.77. The van der Waals surface area contributed by atoms with E-state index in [1.165, 1.54) is 21.1 Å². The van der Waals surface area contributed by atoms with E-state index in [2.05, 4.69) is 38.1 Å². The first kappa shape index (κ1) is 14.0. The first-order valence-corrected chi connectivity index (χ1v) is 7.77. The topological polar surface area (TPSA) is 29.3 Å². The Bertz CT molecular complexity index is 323. The summed E-state index contributed by atoms with van der Waals surface area (Å²) < 4.78 is 0. The van der Waals surface area contributed by atoms with Crippen LogP contribution in [-0.2, 0) is 13.1 Å². The molecule has 0 saturated heterocycles. The molecule has 0 aromatic carbocycles. The molecule has 1 unspecified atom stereocenters. The predicted octanol–water partition coefficient (Wildman–Crippen LogP) is 2.70. The molecule has 0 fully saturated rings. The van der Waals surface area contributed by atoms with Gasteiger partial charge in [-0.2, -0.15) is 11.8 Å². The molecule has 1 atom stereocenters. The van der Waals surface area contributed by atoms with Gasteiger partial charge in [0.2, 0.25) is 0 Å². The van der Waals surface area contributed by atoms with Gasteiger partial charge in [0.1, 0.15) is 0 Å². The number of aryl methyl sites for hydroxylation is 1. The maximum atomic E-state index is 5.66. The van der Waals surface area contributed by atoms with Crippen LogP contribution < -0.4 is 5.73 Å². The largest absolute Gasteiger partial charge is 0.326 e. The van der Waals surface area contributed by atoms with Crippen molar-refractivity contribution in [2.24, 2.45) is 5.73 Å². The van der Waals surface area contributed by atoms with Crippen LogP contribution in [0.1, 0.15) is 22.2 Å². The van der Waals surface area contributed by atoms with E-state index in [4.69, 9.17) is 5.73 Å². The summed E-state index contributed by atoms with van der Waals surface area (Å²) in [6, 6.07) is 2.87. The van der Waals surface area contributed by atoms with Gasteiger partial charge in [-0.3, -0.25) is 4.90 Å². The van der Waals surface area contributed by atoms with Gasteiger partial charge in [-0.05, 0) is 38.8 Å². The maximum absolute atomic E-state index is 5.66. The zero-order valence-corrected chi connectivity index (χ0v) is 12.3. The van der Waals surface area contributed by atoms with Crippen molar-refractivity contribution in [3.8, 4) is 0 Å². The summed E-state index contributed by atoms with van der Waals surface area (Å²) in [6.45, 7) is 6.16. The highest BCUT2D eigenvalue weighted by Gasteiger charge is 2.12. The molecule has 2 N–H and O–H groups in total. The summed E-state index contributed by atoms with van der Waals surface area (Å²) in [5, 5.41) is 0. The van der Waals surface area contributed by atoms with E-state index in [-0.39, 0.29) is 0 Å². The molecular formula is C12H22N2S2. The van der Waals surface area contributed by atoms with E-state index >= 15 is 0 Å². The Morgan fingerprint density at radius 1 is 1.56 bits per heavy atom. The highest BCUT2D eigenvalue weighted by molar-refractivity contribution is 7.98. The Morgan fingerprint density at radius 3 is 2.75 bits per heavy atom. The van der Waals surface area contributed by atoms with Gasteiger partial charge in [-0.25, -0.2) is 0 Å². The van der Waals surface area contributed by atoms with E-state index in [1.54, 1.807) is 0 Å². The highest BCUT2D eigenvalue weighted by atomic mass is 32.2. The number of nitrogens with zero attached hydrogens (tertiary/aromatic N) is 1. The van der Waals surface area contributed by atoms with Gasteiger partial charge in [0, 0.05) is 34.6 Å². The van der Waals surface area contributed by atoms with E-state index in [0.29, 0.717) is 12.6 Å².